The third kappa shape index (κ3) is 5.82. The summed E-state index contributed by atoms with van der Waals surface area (Å²) >= 11 is 0. The minimum Gasteiger partial charge on any atom is -0.497 e. The van der Waals surface area contributed by atoms with Gasteiger partial charge in [-0.1, -0.05) is 0 Å². The summed E-state index contributed by atoms with van der Waals surface area (Å²) in [6.45, 7) is 1.32. The van der Waals surface area contributed by atoms with Crippen LogP contribution in [-0.4, -0.2) is 44.7 Å². The zero-order valence-corrected chi connectivity index (χ0v) is 16.6. The number of carbonyl (C=O) groups excluding carboxylic acids is 2. The van der Waals surface area contributed by atoms with Crippen molar-refractivity contribution in [2.24, 2.45) is 0 Å². The minimum absolute atomic E-state index is 0.00811. The van der Waals surface area contributed by atoms with Gasteiger partial charge in [0.15, 0.2) is 11.6 Å². The Hall–Kier alpha value is -3.36. The molecule has 0 atom stereocenters. The van der Waals surface area contributed by atoms with E-state index in [1.54, 1.807) is 7.11 Å². The summed E-state index contributed by atoms with van der Waals surface area (Å²) < 4.78 is 31.2. The Morgan fingerprint density at radius 2 is 1.77 bits per heavy atom. The van der Waals surface area contributed by atoms with Crippen molar-refractivity contribution in [1.82, 2.24) is 10.6 Å². The van der Waals surface area contributed by atoms with Gasteiger partial charge >= 0.3 is 6.03 Å². The number of anilines is 2. The summed E-state index contributed by atoms with van der Waals surface area (Å²) in [4.78, 5) is 26.2. The first-order chi connectivity index (χ1) is 14.4. The summed E-state index contributed by atoms with van der Waals surface area (Å²) in [5.41, 5.74) is 1.22. The van der Waals surface area contributed by atoms with Gasteiger partial charge in [0.1, 0.15) is 5.75 Å². The highest BCUT2D eigenvalue weighted by Gasteiger charge is 2.21. The molecular formula is C21H24F2N4O3. The van der Waals surface area contributed by atoms with Crippen LogP contribution in [0.3, 0.4) is 0 Å². The van der Waals surface area contributed by atoms with E-state index in [9.17, 15) is 18.4 Å². The van der Waals surface area contributed by atoms with E-state index >= 15 is 0 Å². The van der Waals surface area contributed by atoms with Crippen molar-refractivity contribution in [2.75, 3.05) is 37.0 Å². The smallest absolute Gasteiger partial charge is 0.315 e. The third-order valence-electron chi connectivity index (χ3n) is 4.88. The fourth-order valence-corrected chi connectivity index (χ4v) is 3.25. The van der Waals surface area contributed by atoms with Gasteiger partial charge in [-0.15, -0.1) is 0 Å². The Kier molecular flexibility index (Phi) is 7.05. The molecule has 3 N–H and O–H groups in total. The second-order valence-electron chi connectivity index (χ2n) is 6.96. The van der Waals surface area contributed by atoms with Gasteiger partial charge in [-0.3, -0.25) is 4.79 Å². The van der Waals surface area contributed by atoms with Gasteiger partial charge in [0.05, 0.1) is 13.7 Å². The van der Waals surface area contributed by atoms with Crippen molar-refractivity contribution in [1.29, 1.82) is 0 Å². The van der Waals surface area contributed by atoms with Crippen LogP contribution in [0.1, 0.15) is 12.8 Å². The minimum atomic E-state index is -1.06. The van der Waals surface area contributed by atoms with Crippen molar-refractivity contribution >= 4 is 23.3 Å². The van der Waals surface area contributed by atoms with E-state index in [1.165, 1.54) is 6.07 Å². The molecule has 2 aromatic rings. The van der Waals surface area contributed by atoms with Crippen LogP contribution in [0.25, 0.3) is 0 Å². The molecule has 3 amide bonds. The normalized spacial score (nSPS) is 14.2. The quantitative estimate of drug-likeness (QED) is 0.674. The van der Waals surface area contributed by atoms with Crippen LogP contribution in [0.15, 0.2) is 42.5 Å². The van der Waals surface area contributed by atoms with Crippen LogP contribution >= 0.6 is 0 Å². The molecular weight excluding hydrogens is 394 g/mol. The summed E-state index contributed by atoms with van der Waals surface area (Å²) in [7, 11) is 1.63. The standard InChI is InChI=1S/C21H24F2N4O3/c1-30-17-5-3-16(4-6-17)27-10-8-14(9-11-27)26-21(29)24-13-20(28)25-15-2-7-18(22)19(23)12-15/h2-7,12,14H,8-11,13H2,1H3,(H,25,28)(H2,24,26,29). The summed E-state index contributed by atoms with van der Waals surface area (Å²) in [5, 5.41) is 7.73. The van der Waals surface area contributed by atoms with Gasteiger partial charge < -0.3 is 25.6 Å². The maximum atomic E-state index is 13.2. The predicted octanol–water partition coefficient (Wildman–Crippen LogP) is 2.88. The number of carbonyl (C=O) groups is 2. The summed E-state index contributed by atoms with van der Waals surface area (Å²) in [6, 6.07) is 10.4. The number of urea groups is 1. The van der Waals surface area contributed by atoms with Crippen LogP contribution in [0, 0.1) is 11.6 Å². The maximum absolute atomic E-state index is 13.2. The van der Waals surface area contributed by atoms with Crippen molar-refractivity contribution < 1.29 is 23.1 Å². The SMILES string of the molecule is COc1ccc(N2CCC(NC(=O)NCC(=O)Nc3ccc(F)c(F)c3)CC2)cc1. The molecule has 7 nitrogen and oxygen atoms in total. The highest BCUT2D eigenvalue weighted by Crippen LogP contribution is 2.22. The van der Waals surface area contributed by atoms with Gasteiger partial charge in [-0.2, -0.15) is 0 Å². The predicted molar refractivity (Wildman–Crippen MR) is 110 cm³/mol. The number of methoxy groups -OCH3 is 1. The van der Waals surface area contributed by atoms with Crippen molar-refractivity contribution in [3.63, 3.8) is 0 Å². The molecule has 0 aromatic heterocycles. The lowest BCUT2D eigenvalue weighted by Gasteiger charge is -2.34. The van der Waals surface area contributed by atoms with E-state index in [0.717, 1.165) is 49.5 Å². The van der Waals surface area contributed by atoms with E-state index in [-0.39, 0.29) is 18.3 Å². The number of amides is 3. The Labute approximate surface area is 173 Å². The van der Waals surface area contributed by atoms with E-state index in [2.05, 4.69) is 20.9 Å². The summed E-state index contributed by atoms with van der Waals surface area (Å²) in [5.74, 6) is -1.78. The molecule has 9 heteroatoms. The number of benzene rings is 2. The molecule has 0 bridgehead atoms. The van der Waals surface area contributed by atoms with E-state index in [4.69, 9.17) is 4.74 Å². The molecule has 0 spiro atoms. The molecule has 1 fully saturated rings. The van der Waals surface area contributed by atoms with E-state index in [0.29, 0.717) is 0 Å². The summed E-state index contributed by atoms with van der Waals surface area (Å²) in [6.07, 6.45) is 1.56. The highest BCUT2D eigenvalue weighted by atomic mass is 19.2. The van der Waals surface area contributed by atoms with Crippen LogP contribution < -0.4 is 25.6 Å². The van der Waals surface area contributed by atoms with Gasteiger partial charge in [-0.25, -0.2) is 13.6 Å². The van der Waals surface area contributed by atoms with Crippen LogP contribution in [0.5, 0.6) is 5.75 Å². The third-order valence-corrected chi connectivity index (χ3v) is 4.88. The number of hydrogen-bond donors (Lipinski definition) is 3. The fraction of sp³-hybridized carbons (Fsp3) is 0.333. The van der Waals surface area contributed by atoms with Crippen molar-refractivity contribution in [2.45, 2.75) is 18.9 Å². The Morgan fingerprint density at radius 1 is 1.07 bits per heavy atom. The number of ether oxygens (including phenoxy) is 1. The monoisotopic (exact) mass is 418 g/mol. The number of hydrogen-bond acceptors (Lipinski definition) is 4. The number of rotatable bonds is 6. The molecule has 160 valence electrons. The first-order valence-corrected chi connectivity index (χ1v) is 9.63. The second kappa shape index (κ2) is 9.91. The molecule has 1 saturated heterocycles. The van der Waals surface area contributed by atoms with Crippen molar-refractivity contribution in [3.8, 4) is 5.75 Å². The zero-order valence-electron chi connectivity index (χ0n) is 16.6. The number of piperidine rings is 1. The highest BCUT2D eigenvalue weighted by molar-refractivity contribution is 5.94. The lowest BCUT2D eigenvalue weighted by atomic mass is 10.0. The van der Waals surface area contributed by atoms with Gasteiger partial charge in [0.2, 0.25) is 5.91 Å². The maximum Gasteiger partial charge on any atom is 0.315 e. The second-order valence-corrected chi connectivity index (χ2v) is 6.96. The van der Waals surface area contributed by atoms with Gasteiger partial charge in [0.25, 0.3) is 0 Å². The lowest BCUT2D eigenvalue weighted by Crippen LogP contribution is -2.49. The fourth-order valence-electron chi connectivity index (χ4n) is 3.25. The van der Waals surface area contributed by atoms with Gasteiger partial charge in [-0.05, 0) is 49.2 Å². The van der Waals surface area contributed by atoms with Gasteiger partial charge in [0, 0.05) is 36.6 Å². The van der Waals surface area contributed by atoms with Crippen LogP contribution in [0.2, 0.25) is 0 Å². The zero-order chi connectivity index (χ0) is 21.5. The molecule has 2 aromatic carbocycles. The molecule has 0 aliphatic carbocycles. The van der Waals surface area contributed by atoms with E-state index in [1.807, 2.05) is 24.3 Å². The van der Waals surface area contributed by atoms with E-state index < -0.39 is 23.6 Å². The molecule has 1 aliphatic rings. The van der Waals surface area contributed by atoms with Crippen molar-refractivity contribution in [3.05, 3.63) is 54.1 Å². The molecule has 0 saturated carbocycles. The molecule has 30 heavy (non-hydrogen) atoms. The number of halogens is 2. The molecule has 3 rings (SSSR count). The Bertz CT molecular complexity index is 884. The van der Waals surface area contributed by atoms with Crippen LogP contribution in [0.4, 0.5) is 25.0 Å². The molecule has 0 unspecified atom stereocenters. The number of nitrogens with zero attached hydrogens (tertiary/aromatic N) is 1. The van der Waals surface area contributed by atoms with Crippen LogP contribution in [-0.2, 0) is 4.79 Å². The number of nitrogens with one attached hydrogen (secondary N) is 3. The molecule has 1 heterocycles. The average molecular weight is 418 g/mol. The Morgan fingerprint density at radius 3 is 2.40 bits per heavy atom. The topological polar surface area (TPSA) is 82.7 Å². The average Bonchev–Trinajstić information content (AvgIpc) is 2.75. The first kappa shape index (κ1) is 21.4. The molecule has 1 aliphatic heterocycles. The molecule has 0 radical (unpaired) electrons. The first-order valence-electron chi connectivity index (χ1n) is 9.63. The lowest BCUT2D eigenvalue weighted by molar-refractivity contribution is -0.115. The Balaban J connectivity index is 1.38. The largest absolute Gasteiger partial charge is 0.497 e.